The van der Waals surface area contributed by atoms with Gasteiger partial charge in [0.2, 0.25) is 0 Å². The van der Waals surface area contributed by atoms with E-state index in [0.717, 1.165) is 22.2 Å². The molecule has 0 bridgehead atoms. The van der Waals surface area contributed by atoms with Crippen molar-refractivity contribution in [3.05, 3.63) is 90.8 Å². The largest absolute Gasteiger partial charge is 0.460 e. The van der Waals surface area contributed by atoms with Gasteiger partial charge in [-0.15, -0.1) is 0 Å². The molecule has 0 saturated heterocycles. The number of para-hydroxylation sites is 2. The predicted molar refractivity (Wildman–Crippen MR) is 102 cm³/mol. The number of ether oxygens (including phenoxy) is 1. The van der Waals surface area contributed by atoms with Crippen LogP contribution in [0, 0.1) is 0 Å². The molecule has 4 nitrogen and oxygen atoms in total. The molecular formula is C22H18N2O2. The van der Waals surface area contributed by atoms with Crippen LogP contribution in [0.5, 0.6) is 0 Å². The van der Waals surface area contributed by atoms with Crippen LogP contribution in [0.2, 0.25) is 0 Å². The van der Waals surface area contributed by atoms with E-state index in [-0.39, 0.29) is 5.97 Å². The fourth-order valence-electron chi connectivity index (χ4n) is 2.94. The van der Waals surface area contributed by atoms with Crippen molar-refractivity contribution in [2.75, 3.05) is 6.61 Å². The molecule has 0 fully saturated rings. The van der Waals surface area contributed by atoms with Gasteiger partial charge in [-0.05, 0) is 35.4 Å². The summed E-state index contributed by atoms with van der Waals surface area (Å²) in [4.78, 5) is 16.6. The first kappa shape index (κ1) is 16.1. The molecule has 4 heteroatoms. The summed E-state index contributed by atoms with van der Waals surface area (Å²) in [6.45, 7) is 0.883. The van der Waals surface area contributed by atoms with E-state index in [0.29, 0.717) is 18.7 Å². The molecule has 0 aliphatic carbocycles. The zero-order valence-electron chi connectivity index (χ0n) is 14.2. The first-order valence-corrected chi connectivity index (χ1v) is 8.54. The highest BCUT2D eigenvalue weighted by Crippen LogP contribution is 2.19. The Morgan fingerprint density at radius 1 is 0.846 bits per heavy atom. The molecule has 0 aliphatic heterocycles. The summed E-state index contributed by atoms with van der Waals surface area (Å²) in [5, 5.41) is 0. The van der Waals surface area contributed by atoms with Gasteiger partial charge in [0.25, 0.3) is 0 Å². The number of rotatable bonds is 5. The van der Waals surface area contributed by atoms with E-state index < -0.39 is 0 Å². The lowest BCUT2D eigenvalue weighted by molar-refractivity contribution is 0.0492. The second kappa shape index (κ2) is 7.23. The van der Waals surface area contributed by atoms with Crippen LogP contribution < -0.4 is 0 Å². The van der Waals surface area contributed by atoms with Crippen molar-refractivity contribution in [1.82, 2.24) is 9.55 Å². The summed E-state index contributed by atoms with van der Waals surface area (Å²) in [6.07, 6.45) is 1.77. The molecule has 1 aromatic heterocycles. The summed E-state index contributed by atoms with van der Waals surface area (Å²) in [5.74, 6) is -0.311. The topological polar surface area (TPSA) is 44.1 Å². The van der Waals surface area contributed by atoms with E-state index in [9.17, 15) is 4.79 Å². The Morgan fingerprint density at radius 3 is 2.35 bits per heavy atom. The minimum absolute atomic E-state index is 0.305. The molecule has 4 aromatic rings. The maximum Gasteiger partial charge on any atom is 0.338 e. The number of imidazole rings is 1. The Bertz CT molecular complexity index is 1020. The third-order valence-electron chi connectivity index (χ3n) is 4.32. The summed E-state index contributed by atoms with van der Waals surface area (Å²) in [5.41, 5.74) is 4.73. The molecule has 1 heterocycles. The van der Waals surface area contributed by atoms with Crippen LogP contribution in [-0.2, 0) is 11.3 Å². The number of nitrogens with zero attached hydrogens (tertiary/aromatic N) is 2. The van der Waals surface area contributed by atoms with Gasteiger partial charge in [0, 0.05) is 0 Å². The van der Waals surface area contributed by atoms with E-state index in [1.165, 1.54) is 0 Å². The number of hydrogen-bond donors (Lipinski definition) is 0. The number of fused-ring (bicyclic) bond motifs is 1. The van der Waals surface area contributed by atoms with Gasteiger partial charge in [-0.25, -0.2) is 9.78 Å². The van der Waals surface area contributed by atoms with Gasteiger partial charge in [0.05, 0.1) is 29.5 Å². The van der Waals surface area contributed by atoms with Gasteiger partial charge >= 0.3 is 5.97 Å². The van der Waals surface area contributed by atoms with Crippen molar-refractivity contribution >= 4 is 17.0 Å². The van der Waals surface area contributed by atoms with Crippen LogP contribution in [0.15, 0.2) is 85.2 Å². The number of hydrogen-bond acceptors (Lipinski definition) is 3. The van der Waals surface area contributed by atoms with Crippen LogP contribution in [0.1, 0.15) is 10.4 Å². The standard InChI is InChI=1S/C22H18N2O2/c25-22(19-12-10-18(11-13-19)17-6-2-1-3-7-17)26-15-14-24-16-23-20-8-4-5-9-21(20)24/h1-13,16H,14-15H2. The Morgan fingerprint density at radius 2 is 1.54 bits per heavy atom. The molecule has 0 atom stereocenters. The van der Waals surface area contributed by atoms with Crippen molar-refractivity contribution in [3.63, 3.8) is 0 Å². The second-order valence-corrected chi connectivity index (χ2v) is 6.01. The maximum absolute atomic E-state index is 12.2. The highest BCUT2D eigenvalue weighted by molar-refractivity contribution is 5.90. The predicted octanol–water partition coefficient (Wildman–Crippen LogP) is 4.56. The fraction of sp³-hybridized carbons (Fsp3) is 0.0909. The molecule has 26 heavy (non-hydrogen) atoms. The summed E-state index contributed by atoms with van der Waals surface area (Å²) >= 11 is 0. The average molecular weight is 342 g/mol. The van der Waals surface area contributed by atoms with Crippen LogP contribution in [0.4, 0.5) is 0 Å². The van der Waals surface area contributed by atoms with Crippen LogP contribution in [0.3, 0.4) is 0 Å². The van der Waals surface area contributed by atoms with Gasteiger partial charge in [-0.2, -0.15) is 0 Å². The molecule has 0 amide bonds. The van der Waals surface area contributed by atoms with Gasteiger partial charge < -0.3 is 9.30 Å². The SMILES string of the molecule is O=C(OCCn1cnc2ccccc21)c1ccc(-c2ccccc2)cc1. The van der Waals surface area contributed by atoms with Gasteiger partial charge in [-0.3, -0.25) is 0 Å². The summed E-state index contributed by atoms with van der Waals surface area (Å²) in [6, 6.07) is 25.5. The molecule has 3 aromatic carbocycles. The maximum atomic E-state index is 12.2. The number of esters is 1. The number of carbonyl (C=O) groups excluding carboxylic acids is 1. The number of carbonyl (C=O) groups is 1. The van der Waals surface area contributed by atoms with E-state index >= 15 is 0 Å². The molecule has 0 spiro atoms. The Hall–Kier alpha value is -3.40. The summed E-state index contributed by atoms with van der Waals surface area (Å²) in [7, 11) is 0. The van der Waals surface area contributed by atoms with Gasteiger partial charge in [0.15, 0.2) is 0 Å². The quantitative estimate of drug-likeness (QED) is 0.499. The molecule has 4 rings (SSSR count). The first-order valence-electron chi connectivity index (χ1n) is 8.54. The monoisotopic (exact) mass is 342 g/mol. The highest BCUT2D eigenvalue weighted by Gasteiger charge is 2.08. The molecule has 0 unspecified atom stereocenters. The van der Waals surface area contributed by atoms with Crippen LogP contribution in [0.25, 0.3) is 22.2 Å². The van der Waals surface area contributed by atoms with Gasteiger partial charge in [-0.1, -0.05) is 54.6 Å². The minimum atomic E-state index is -0.311. The van der Waals surface area contributed by atoms with Crippen molar-refractivity contribution < 1.29 is 9.53 Å². The Labute approximate surface area is 151 Å². The lowest BCUT2D eigenvalue weighted by Crippen LogP contribution is -2.11. The number of benzene rings is 3. The van der Waals surface area contributed by atoms with E-state index in [4.69, 9.17) is 4.74 Å². The van der Waals surface area contributed by atoms with E-state index in [1.807, 2.05) is 71.3 Å². The molecule has 0 aliphatic rings. The minimum Gasteiger partial charge on any atom is -0.460 e. The summed E-state index contributed by atoms with van der Waals surface area (Å²) < 4.78 is 7.40. The molecular weight excluding hydrogens is 324 g/mol. The number of aromatic nitrogens is 2. The lowest BCUT2D eigenvalue weighted by Gasteiger charge is -2.07. The van der Waals surface area contributed by atoms with E-state index in [2.05, 4.69) is 4.98 Å². The van der Waals surface area contributed by atoms with Crippen molar-refractivity contribution in [2.45, 2.75) is 6.54 Å². The van der Waals surface area contributed by atoms with Crippen molar-refractivity contribution in [1.29, 1.82) is 0 Å². The molecule has 0 saturated carbocycles. The van der Waals surface area contributed by atoms with E-state index in [1.54, 1.807) is 18.5 Å². The molecule has 0 N–H and O–H groups in total. The third-order valence-corrected chi connectivity index (χ3v) is 4.32. The third kappa shape index (κ3) is 3.35. The van der Waals surface area contributed by atoms with Crippen molar-refractivity contribution in [2.24, 2.45) is 0 Å². The smallest absolute Gasteiger partial charge is 0.338 e. The lowest BCUT2D eigenvalue weighted by atomic mass is 10.0. The van der Waals surface area contributed by atoms with Gasteiger partial charge in [0.1, 0.15) is 6.61 Å². The molecule has 128 valence electrons. The fourth-order valence-corrected chi connectivity index (χ4v) is 2.94. The van der Waals surface area contributed by atoms with Crippen LogP contribution in [-0.4, -0.2) is 22.1 Å². The molecule has 0 radical (unpaired) electrons. The van der Waals surface area contributed by atoms with Crippen LogP contribution >= 0.6 is 0 Å². The highest BCUT2D eigenvalue weighted by atomic mass is 16.5. The normalized spacial score (nSPS) is 10.8. The average Bonchev–Trinajstić information content (AvgIpc) is 3.12. The Kier molecular flexibility index (Phi) is 4.48. The zero-order chi connectivity index (χ0) is 17.8. The zero-order valence-corrected chi connectivity index (χ0v) is 14.2. The first-order chi connectivity index (χ1) is 12.8. The van der Waals surface area contributed by atoms with Crippen molar-refractivity contribution in [3.8, 4) is 11.1 Å². The Balaban J connectivity index is 1.37. The second-order valence-electron chi connectivity index (χ2n) is 6.01.